The number of halogens is 3. The summed E-state index contributed by atoms with van der Waals surface area (Å²) >= 11 is 0. The monoisotopic (exact) mass is 562 g/mol. The smallest absolute Gasteiger partial charge is 0.343 e. The molecule has 36 heavy (non-hydrogen) atoms. The van der Waals surface area contributed by atoms with Crippen molar-refractivity contribution in [2.45, 2.75) is 63.5 Å². The van der Waals surface area contributed by atoms with Crippen LogP contribution in [0, 0.1) is 5.92 Å². The number of benzene rings is 2. The molecule has 8 heteroatoms. The molecular formula is C28H33BrF2N2O3. The molecule has 0 spiro atoms. The second-order valence-corrected chi connectivity index (χ2v) is 9.71. The third-order valence-corrected chi connectivity index (χ3v) is 6.87. The Bertz CT molecular complexity index is 1140. The molecule has 0 unspecified atom stereocenters. The zero-order chi connectivity index (χ0) is 25.1. The van der Waals surface area contributed by atoms with E-state index in [1.807, 2.05) is 24.4 Å². The first-order chi connectivity index (χ1) is 16.7. The van der Waals surface area contributed by atoms with Crippen LogP contribution < -0.4 is 21.5 Å². The van der Waals surface area contributed by atoms with Crippen molar-refractivity contribution in [1.29, 1.82) is 0 Å². The number of alkyl halides is 2. The van der Waals surface area contributed by atoms with Crippen LogP contribution in [0.15, 0.2) is 66.9 Å². The number of rotatable bonds is 9. The van der Waals surface area contributed by atoms with Gasteiger partial charge in [0.25, 0.3) is 5.82 Å². The fourth-order valence-corrected chi connectivity index (χ4v) is 4.98. The van der Waals surface area contributed by atoms with E-state index < -0.39 is 29.8 Å². The van der Waals surface area contributed by atoms with Crippen molar-refractivity contribution < 1.29 is 45.0 Å². The van der Waals surface area contributed by atoms with E-state index in [1.54, 1.807) is 30.3 Å². The minimum absolute atomic E-state index is 0. The van der Waals surface area contributed by atoms with Crippen LogP contribution >= 0.6 is 0 Å². The van der Waals surface area contributed by atoms with Crippen molar-refractivity contribution in [3.8, 4) is 0 Å². The van der Waals surface area contributed by atoms with Gasteiger partial charge in [0.2, 0.25) is 5.92 Å². The van der Waals surface area contributed by atoms with E-state index >= 15 is 0 Å². The first kappa shape index (κ1) is 28.0. The topological polar surface area (TPSA) is 66.2 Å². The van der Waals surface area contributed by atoms with Gasteiger partial charge in [-0.25, -0.2) is 23.1 Å². The van der Waals surface area contributed by atoms with Crippen LogP contribution in [0.25, 0.3) is 0 Å². The maximum absolute atomic E-state index is 14.0. The SMILES string of the molecule is CC(C)c1[nH]cc(CCOC(=O)[C@](O)(c2ccccc2)[C@@H]2CCC(F)(F)C2)[n+]1Cc1ccccc1.[Br-]. The molecule has 0 aliphatic heterocycles. The van der Waals surface area contributed by atoms with E-state index in [-0.39, 0.29) is 47.9 Å². The Balaban J connectivity index is 0.00000361. The highest BCUT2D eigenvalue weighted by Crippen LogP contribution is 2.47. The van der Waals surface area contributed by atoms with Crippen LogP contribution in [-0.4, -0.2) is 28.6 Å². The summed E-state index contributed by atoms with van der Waals surface area (Å²) in [5, 5.41) is 11.5. The molecule has 1 fully saturated rings. The summed E-state index contributed by atoms with van der Waals surface area (Å²) in [5.41, 5.74) is 0.289. The van der Waals surface area contributed by atoms with Crippen LogP contribution in [0.5, 0.6) is 0 Å². The number of hydrogen-bond acceptors (Lipinski definition) is 3. The standard InChI is InChI=1S/C28H32F2N2O3.BrH/c1-20(2)25-31-18-24(32(25)19-21-9-5-3-6-10-21)14-16-35-26(33)28(34,22-11-7-4-8-12-22)23-13-15-27(29,30)17-23;/h3-12,18,20,23,34H,13-17,19H2,1-2H3;1H/t23-,28+;/m1./s1. The summed E-state index contributed by atoms with van der Waals surface area (Å²) in [6.07, 6.45) is 1.50. The van der Waals surface area contributed by atoms with Gasteiger partial charge in [-0.15, -0.1) is 0 Å². The summed E-state index contributed by atoms with van der Waals surface area (Å²) < 4.78 is 35.7. The molecule has 1 aliphatic rings. The van der Waals surface area contributed by atoms with Crippen molar-refractivity contribution in [1.82, 2.24) is 4.98 Å². The lowest BCUT2D eigenvalue weighted by atomic mass is 9.80. The van der Waals surface area contributed by atoms with Gasteiger partial charge in [0.05, 0.1) is 12.5 Å². The van der Waals surface area contributed by atoms with Gasteiger partial charge >= 0.3 is 5.97 Å². The summed E-state index contributed by atoms with van der Waals surface area (Å²) in [6.45, 7) is 4.91. The number of aliphatic hydroxyl groups is 1. The van der Waals surface area contributed by atoms with Crippen molar-refractivity contribution in [3.05, 3.63) is 89.5 Å². The van der Waals surface area contributed by atoms with E-state index in [1.165, 1.54) is 0 Å². The largest absolute Gasteiger partial charge is 1.00 e. The summed E-state index contributed by atoms with van der Waals surface area (Å²) in [5.74, 6) is -3.35. The molecule has 2 N–H and O–H groups in total. The van der Waals surface area contributed by atoms with E-state index in [4.69, 9.17) is 4.74 Å². The lowest BCUT2D eigenvalue weighted by molar-refractivity contribution is -0.702. The zero-order valence-electron chi connectivity index (χ0n) is 20.6. The first-order valence-electron chi connectivity index (χ1n) is 12.2. The molecule has 3 aromatic rings. The summed E-state index contributed by atoms with van der Waals surface area (Å²) in [4.78, 5) is 16.5. The second kappa shape index (κ2) is 11.6. The van der Waals surface area contributed by atoms with Gasteiger partial charge in [0, 0.05) is 25.2 Å². The van der Waals surface area contributed by atoms with Crippen LogP contribution in [0.2, 0.25) is 0 Å². The number of aromatic amines is 1. The molecule has 1 aliphatic carbocycles. The molecule has 2 aromatic carbocycles. The molecule has 5 nitrogen and oxygen atoms in total. The number of nitrogens with one attached hydrogen (secondary N) is 1. The number of ether oxygens (including phenoxy) is 1. The van der Waals surface area contributed by atoms with E-state index in [0.29, 0.717) is 13.0 Å². The van der Waals surface area contributed by atoms with Gasteiger partial charge in [-0.2, -0.15) is 0 Å². The lowest BCUT2D eigenvalue weighted by Crippen LogP contribution is -3.00. The fraction of sp³-hybridized carbons (Fsp3) is 0.429. The second-order valence-electron chi connectivity index (χ2n) is 9.71. The number of imidazole rings is 1. The molecule has 0 amide bonds. The number of carbonyl (C=O) groups is 1. The minimum Gasteiger partial charge on any atom is -1.00 e. The van der Waals surface area contributed by atoms with Crippen molar-refractivity contribution in [3.63, 3.8) is 0 Å². The van der Waals surface area contributed by atoms with Gasteiger partial charge in [-0.05, 0) is 17.5 Å². The number of nitrogens with zero attached hydrogens (tertiary/aromatic N) is 1. The average molecular weight is 563 g/mol. The predicted molar refractivity (Wildman–Crippen MR) is 128 cm³/mol. The minimum atomic E-state index is -2.89. The highest BCUT2D eigenvalue weighted by Gasteiger charge is 2.54. The highest BCUT2D eigenvalue weighted by atomic mass is 79.9. The molecule has 1 saturated carbocycles. The van der Waals surface area contributed by atoms with Gasteiger partial charge in [-0.1, -0.05) is 74.5 Å². The number of esters is 1. The van der Waals surface area contributed by atoms with E-state index in [2.05, 4.69) is 35.5 Å². The molecule has 194 valence electrons. The molecule has 1 heterocycles. The van der Waals surface area contributed by atoms with Crippen molar-refractivity contribution in [2.75, 3.05) is 6.61 Å². The molecule has 2 atom stereocenters. The fourth-order valence-electron chi connectivity index (χ4n) is 4.98. The maximum atomic E-state index is 14.0. The van der Waals surface area contributed by atoms with Crippen LogP contribution in [0.3, 0.4) is 0 Å². The molecule has 1 aromatic heterocycles. The molecule has 4 rings (SSSR count). The highest BCUT2D eigenvalue weighted by molar-refractivity contribution is 5.81. The van der Waals surface area contributed by atoms with E-state index in [0.717, 1.165) is 17.1 Å². The van der Waals surface area contributed by atoms with Crippen LogP contribution in [0.4, 0.5) is 8.78 Å². The predicted octanol–water partition coefficient (Wildman–Crippen LogP) is 1.89. The van der Waals surface area contributed by atoms with Gasteiger partial charge in [0.15, 0.2) is 5.60 Å². The number of H-pyrrole nitrogens is 1. The lowest BCUT2D eigenvalue weighted by Gasteiger charge is -2.32. The van der Waals surface area contributed by atoms with Crippen molar-refractivity contribution in [2.24, 2.45) is 5.92 Å². The molecule has 0 radical (unpaired) electrons. The van der Waals surface area contributed by atoms with Crippen molar-refractivity contribution >= 4 is 5.97 Å². The number of carbonyl (C=O) groups excluding carboxylic acids is 1. The molecular weight excluding hydrogens is 530 g/mol. The van der Waals surface area contributed by atoms with Crippen LogP contribution in [-0.2, 0) is 28.1 Å². The van der Waals surface area contributed by atoms with Crippen LogP contribution in [0.1, 0.15) is 61.7 Å². The zero-order valence-corrected chi connectivity index (χ0v) is 22.2. The Kier molecular flexibility index (Phi) is 9.06. The number of aromatic nitrogens is 2. The molecule has 0 bridgehead atoms. The third-order valence-electron chi connectivity index (χ3n) is 6.87. The maximum Gasteiger partial charge on any atom is 0.343 e. The summed E-state index contributed by atoms with van der Waals surface area (Å²) in [6, 6.07) is 18.4. The summed E-state index contributed by atoms with van der Waals surface area (Å²) in [7, 11) is 0. The quantitative estimate of drug-likeness (QED) is 0.309. The Morgan fingerprint density at radius 2 is 1.81 bits per heavy atom. The van der Waals surface area contributed by atoms with E-state index in [9.17, 15) is 18.7 Å². The first-order valence-corrected chi connectivity index (χ1v) is 12.2. The number of hydrogen-bond donors (Lipinski definition) is 2. The Labute approximate surface area is 221 Å². The Hall–Kier alpha value is -2.58. The normalized spacial score (nSPS) is 18.4. The molecule has 0 saturated heterocycles. The van der Waals surface area contributed by atoms with Gasteiger partial charge in [-0.3, -0.25) is 0 Å². The Morgan fingerprint density at radius 1 is 1.17 bits per heavy atom. The Morgan fingerprint density at radius 3 is 2.39 bits per heavy atom. The van der Waals surface area contributed by atoms with Gasteiger partial charge < -0.3 is 26.8 Å². The van der Waals surface area contributed by atoms with Gasteiger partial charge in [0.1, 0.15) is 18.4 Å². The average Bonchev–Trinajstić information content (AvgIpc) is 3.42. The third kappa shape index (κ3) is 6.03.